The van der Waals surface area contributed by atoms with Crippen molar-refractivity contribution in [2.24, 2.45) is 0 Å². The summed E-state index contributed by atoms with van der Waals surface area (Å²) in [5, 5.41) is 14.3. The zero-order valence-electron chi connectivity index (χ0n) is 10.1. The second kappa shape index (κ2) is 4.99. The minimum atomic E-state index is -0.531. The number of likely N-dealkylation sites (N-methyl/N-ethyl adjacent to an activating group) is 1. The Labute approximate surface area is 104 Å². The summed E-state index contributed by atoms with van der Waals surface area (Å²) in [4.78, 5) is 23.5. The van der Waals surface area contributed by atoms with Crippen molar-refractivity contribution in [3.8, 4) is 0 Å². The molecule has 1 heterocycles. The third-order valence-electron chi connectivity index (χ3n) is 2.95. The monoisotopic (exact) mass is 250 g/mol. The van der Waals surface area contributed by atoms with Crippen molar-refractivity contribution in [1.29, 1.82) is 0 Å². The average Bonchev–Trinajstić information content (AvgIpc) is 2.98. The maximum atomic E-state index is 11.9. The predicted molar refractivity (Wildman–Crippen MR) is 63.6 cm³/mol. The van der Waals surface area contributed by atoms with Crippen LogP contribution in [0.1, 0.15) is 19.3 Å². The number of nitro groups is 1. The van der Waals surface area contributed by atoms with Gasteiger partial charge in [0.25, 0.3) is 0 Å². The Morgan fingerprint density at radius 3 is 3.00 bits per heavy atom. The summed E-state index contributed by atoms with van der Waals surface area (Å²) >= 11 is 0. The highest BCUT2D eigenvalue weighted by molar-refractivity contribution is 5.77. The molecule has 1 aliphatic rings. The van der Waals surface area contributed by atoms with Gasteiger partial charge in [-0.1, -0.05) is 6.08 Å². The van der Waals surface area contributed by atoms with Crippen LogP contribution in [0.2, 0.25) is 0 Å². The molecule has 0 bridgehead atoms. The van der Waals surface area contributed by atoms with Crippen LogP contribution in [0, 0.1) is 10.1 Å². The summed E-state index contributed by atoms with van der Waals surface area (Å²) in [6, 6.07) is 0. The highest BCUT2D eigenvalue weighted by Gasteiger charge is 2.18. The molecule has 1 aromatic heterocycles. The molecule has 96 valence electrons. The van der Waals surface area contributed by atoms with Gasteiger partial charge in [-0.15, -0.1) is 0 Å². The summed E-state index contributed by atoms with van der Waals surface area (Å²) in [5.41, 5.74) is 0.909. The lowest BCUT2D eigenvalue weighted by Gasteiger charge is -2.18. The van der Waals surface area contributed by atoms with Crippen molar-refractivity contribution in [1.82, 2.24) is 14.7 Å². The van der Waals surface area contributed by atoms with Crippen LogP contribution in [0.3, 0.4) is 0 Å². The second-order valence-electron chi connectivity index (χ2n) is 4.19. The smallest absolute Gasteiger partial charge is 0.307 e. The van der Waals surface area contributed by atoms with Crippen molar-refractivity contribution < 1.29 is 9.72 Å². The molecule has 0 atom stereocenters. The third kappa shape index (κ3) is 2.55. The summed E-state index contributed by atoms with van der Waals surface area (Å²) in [6.45, 7) is 0.0156. The van der Waals surface area contributed by atoms with Crippen LogP contribution >= 0.6 is 0 Å². The molecule has 0 saturated heterocycles. The molecule has 0 radical (unpaired) electrons. The van der Waals surface area contributed by atoms with Gasteiger partial charge in [-0.3, -0.25) is 19.6 Å². The Kier molecular flexibility index (Phi) is 3.40. The number of hydrogen-bond acceptors (Lipinski definition) is 4. The van der Waals surface area contributed by atoms with Gasteiger partial charge in [-0.05, 0) is 19.3 Å². The molecule has 7 heteroatoms. The van der Waals surface area contributed by atoms with E-state index in [1.807, 2.05) is 6.08 Å². The molecule has 1 amide bonds. The van der Waals surface area contributed by atoms with E-state index in [0.29, 0.717) is 0 Å². The average molecular weight is 250 g/mol. The van der Waals surface area contributed by atoms with Crippen molar-refractivity contribution in [3.05, 3.63) is 34.3 Å². The fourth-order valence-electron chi connectivity index (χ4n) is 1.90. The van der Waals surface area contributed by atoms with E-state index < -0.39 is 4.92 Å². The van der Waals surface area contributed by atoms with Crippen molar-refractivity contribution in [2.45, 2.75) is 25.8 Å². The predicted octanol–water partition coefficient (Wildman–Crippen LogP) is 1.32. The normalized spacial score (nSPS) is 14.4. The fourth-order valence-corrected chi connectivity index (χ4v) is 1.90. The van der Waals surface area contributed by atoms with E-state index in [9.17, 15) is 14.9 Å². The molecule has 0 N–H and O–H groups in total. The molecule has 0 unspecified atom stereocenters. The SMILES string of the molecule is CN(C(=O)Cn1cc([N+](=O)[O-])cn1)C1=CCCC1. The molecule has 18 heavy (non-hydrogen) atoms. The summed E-state index contributed by atoms with van der Waals surface area (Å²) in [7, 11) is 1.72. The molecule has 1 aliphatic carbocycles. The standard InChI is InChI=1S/C11H14N4O3/c1-13(9-4-2-3-5-9)11(16)8-14-7-10(6-12-14)15(17)18/h4,6-7H,2-3,5,8H2,1H3. The van der Waals surface area contributed by atoms with Gasteiger partial charge >= 0.3 is 5.69 Å². The van der Waals surface area contributed by atoms with Gasteiger partial charge in [0.1, 0.15) is 18.9 Å². The first-order valence-electron chi connectivity index (χ1n) is 5.70. The van der Waals surface area contributed by atoms with Gasteiger partial charge in [0.15, 0.2) is 0 Å². The topological polar surface area (TPSA) is 81.3 Å². The second-order valence-corrected chi connectivity index (χ2v) is 4.19. The number of carbonyl (C=O) groups excluding carboxylic acids is 1. The van der Waals surface area contributed by atoms with Gasteiger partial charge in [0, 0.05) is 12.7 Å². The van der Waals surface area contributed by atoms with Gasteiger partial charge in [0.05, 0.1) is 4.92 Å². The molecule has 1 aromatic rings. The molecule has 7 nitrogen and oxygen atoms in total. The zero-order valence-corrected chi connectivity index (χ0v) is 10.1. The minimum absolute atomic E-state index is 0.0156. The highest BCUT2D eigenvalue weighted by Crippen LogP contribution is 2.20. The maximum Gasteiger partial charge on any atom is 0.307 e. The Morgan fingerprint density at radius 1 is 1.67 bits per heavy atom. The molecule has 0 fully saturated rings. The number of hydrogen-bond donors (Lipinski definition) is 0. The van der Waals surface area contributed by atoms with E-state index in [4.69, 9.17) is 0 Å². The molecule has 0 spiro atoms. The van der Waals surface area contributed by atoms with Crippen molar-refractivity contribution in [3.63, 3.8) is 0 Å². The number of aromatic nitrogens is 2. The van der Waals surface area contributed by atoms with E-state index in [1.54, 1.807) is 11.9 Å². The lowest BCUT2D eigenvalue weighted by molar-refractivity contribution is -0.385. The lowest BCUT2D eigenvalue weighted by Crippen LogP contribution is -2.29. The van der Waals surface area contributed by atoms with E-state index in [-0.39, 0.29) is 18.1 Å². The van der Waals surface area contributed by atoms with Gasteiger partial charge < -0.3 is 4.90 Å². The number of allylic oxidation sites excluding steroid dienone is 2. The first kappa shape index (κ1) is 12.3. The van der Waals surface area contributed by atoms with Gasteiger partial charge in [-0.25, -0.2) is 0 Å². The number of carbonyl (C=O) groups is 1. The summed E-state index contributed by atoms with van der Waals surface area (Å²) in [6.07, 6.45) is 7.42. The van der Waals surface area contributed by atoms with Crippen LogP contribution in [0.5, 0.6) is 0 Å². The van der Waals surface area contributed by atoms with Crippen LogP contribution in [-0.4, -0.2) is 32.6 Å². The summed E-state index contributed by atoms with van der Waals surface area (Å²) in [5.74, 6) is -0.124. The highest BCUT2D eigenvalue weighted by atomic mass is 16.6. The van der Waals surface area contributed by atoms with Crippen LogP contribution in [0.25, 0.3) is 0 Å². The van der Waals surface area contributed by atoms with Gasteiger partial charge in [-0.2, -0.15) is 5.10 Å². The van der Waals surface area contributed by atoms with Crippen LogP contribution in [-0.2, 0) is 11.3 Å². The molecular weight excluding hydrogens is 236 g/mol. The quantitative estimate of drug-likeness (QED) is 0.596. The number of amides is 1. The van der Waals surface area contributed by atoms with Crippen LogP contribution in [0.15, 0.2) is 24.2 Å². The first-order chi connectivity index (χ1) is 8.58. The fraction of sp³-hybridized carbons (Fsp3) is 0.455. The number of nitrogens with zero attached hydrogens (tertiary/aromatic N) is 4. The Morgan fingerprint density at radius 2 is 2.44 bits per heavy atom. The van der Waals surface area contributed by atoms with E-state index >= 15 is 0 Å². The number of rotatable bonds is 4. The first-order valence-corrected chi connectivity index (χ1v) is 5.70. The van der Waals surface area contributed by atoms with Gasteiger partial charge in [0.2, 0.25) is 5.91 Å². The van der Waals surface area contributed by atoms with Crippen molar-refractivity contribution in [2.75, 3.05) is 7.05 Å². The molecular formula is C11H14N4O3. The molecule has 0 aromatic carbocycles. The van der Waals surface area contributed by atoms with E-state index in [1.165, 1.54) is 10.9 Å². The Bertz CT molecular complexity index is 506. The van der Waals surface area contributed by atoms with E-state index in [2.05, 4.69) is 5.10 Å². The van der Waals surface area contributed by atoms with Crippen LogP contribution in [0.4, 0.5) is 5.69 Å². The molecule has 0 aliphatic heterocycles. The molecule has 2 rings (SSSR count). The largest absolute Gasteiger partial charge is 0.318 e. The minimum Gasteiger partial charge on any atom is -0.318 e. The van der Waals surface area contributed by atoms with E-state index in [0.717, 1.165) is 31.2 Å². The van der Waals surface area contributed by atoms with Crippen LogP contribution < -0.4 is 0 Å². The Hall–Kier alpha value is -2.18. The zero-order chi connectivity index (χ0) is 13.1. The maximum absolute atomic E-state index is 11.9. The lowest BCUT2D eigenvalue weighted by atomic mass is 10.3. The Balaban J connectivity index is 1.99. The summed E-state index contributed by atoms with van der Waals surface area (Å²) < 4.78 is 1.28. The van der Waals surface area contributed by atoms with Crippen molar-refractivity contribution >= 4 is 11.6 Å². The molecule has 0 saturated carbocycles. The third-order valence-corrected chi connectivity index (χ3v) is 2.95.